The second-order valence-electron chi connectivity index (χ2n) is 5.63. The van der Waals surface area contributed by atoms with E-state index in [1.807, 2.05) is 0 Å². The average Bonchev–Trinajstić information content (AvgIpc) is 2.55. The maximum absolute atomic E-state index is 13.8. The lowest BCUT2D eigenvalue weighted by Gasteiger charge is -2.11. The number of carbonyl (C=O) groups is 1. The molecule has 0 spiro atoms. The number of benzene rings is 1. The minimum atomic E-state index is -1.61. The largest absolute Gasteiger partial charge is 0.505 e. The van der Waals surface area contributed by atoms with Crippen molar-refractivity contribution in [1.82, 2.24) is 9.55 Å². The molecule has 0 aliphatic carbocycles. The zero-order valence-corrected chi connectivity index (χ0v) is 13.3. The van der Waals surface area contributed by atoms with Crippen LogP contribution in [-0.2, 0) is 13.5 Å². The number of rotatable bonds is 3. The maximum Gasteiger partial charge on any atom is 0.345 e. The Bertz CT molecular complexity index is 1100. The van der Waals surface area contributed by atoms with Crippen molar-refractivity contribution < 1.29 is 28.2 Å². The normalized spacial score (nSPS) is 11.1. The summed E-state index contributed by atoms with van der Waals surface area (Å²) in [7, 11) is 1.28. The number of nitrogens with zero attached hydrogens (tertiary/aromatic N) is 2. The zero-order valence-electron chi connectivity index (χ0n) is 13.3. The van der Waals surface area contributed by atoms with Gasteiger partial charge in [0.05, 0.1) is 5.52 Å². The summed E-state index contributed by atoms with van der Waals surface area (Å²) < 4.78 is 41.6. The monoisotopic (exact) mass is 364 g/mol. The predicted octanol–water partition coefficient (Wildman–Crippen LogP) is 2.35. The van der Waals surface area contributed by atoms with E-state index in [-0.39, 0.29) is 28.6 Å². The van der Waals surface area contributed by atoms with Crippen molar-refractivity contribution in [2.24, 2.45) is 7.05 Å². The summed E-state index contributed by atoms with van der Waals surface area (Å²) in [5, 5.41) is 19.1. The molecule has 1 aromatic carbocycles. The number of carboxylic acid groups (broad SMARTS) is 1. The van der Waals surface area contributed by atoms with E-state index in [1.165, 1.54) is 19.3 Å². The number of fused-ring (bicyclic) bond motifs is 1. The summed E-state index contributed by atoms with van der Waals surface area (Å²) in [4.78, 5) is 27.1. The Morgan fingerprint density at radius 1 is 1.19 bits per heavy atom. The van der Waals surface area contributed by atoms with Crippen molar-refractivity contribution in [2.75, 3.05) is 0 Å². The molecular weight excluding hydrogens is 353 g/mol. The van der Waals surface area contributed by atoms with E-state index in [1.54, 1.807) is 0 Å². The lowest BCUT2D eigenvalue weighted by molar-refractivity contribution is 0.0691. The standard InChI is InChI=1S/C17H11F3N2O4/c1-22-12-3-7(2-9-10(19)4-8(18)5-11(9)20)6-21-14(12)15(23)13(16(22)24)17(25)26/h3-6,23H,2H2,1H3,(H,25,26). The molecule has 0 aliphatic heterocycles. The molecule has 26 heavy (non-hydrogen) atoms. The highest BCUT2D eigenvalue weighted by atomic mass is 19.1. The molecule has 6 nitrogen and oxygen atoms in total. The fraction of sp³-hybridized carbons (Fsp3) is 0.118. The Morgan fingerprint density at radius 3 is 2.38 bits per heavy atom. The first kappa shape index (κ1) is 17.5. The van der Waals surface area contributed by atoms with Crippen molar-refractivity contribution in [3.8, 4) is 5.75 Å². The summed E-state index contributed by atoms with van der Waals surface area (Å²) in [5.74, 6) is -5.58. The van der Waals surface area contributed by atoms with Crippen molar-refractivity contribution in [2.45, 2.75) is 6.42 Å². The van der Waals surface area contributed by atoms with E-state index in [9.17, 15) is 27.9 Å². The van der Waals surface area contributed by atoms with Gasteiger partial charge in [-0.2, -0.15) is 0 Å². The van der Waals surface area contributed by atoms with Crippen LogP contribution in [-0.4, -0.2) is 25.7 Å². The van der Waals surface area contributed by atoms with Gasteiger partial charge in [0.1, 0.15) is 23.0 Å². The molecule has 0 saturated carbocycles. The third kappa shape index (κ3) is 2.77. The van der Waals surface area contributed by atoms with Crippen LogP contribution in [0.2, 0.25) is 0 Å². The number of hydrogen-bond acceptors (Lipinski definition) is 4. The highest BCUT2D eigenvalue weighted by Crippen LogP contribution is 2.26. The molecule has 0 aliphatic rings. The number of pyridine rings is 2. The first-order valence-corrected chi connectivity index (χ1v) is 7.28. The summed E-state index contributed by atoms with van der Waals surface area (Å²) in [6, 6.07) is 2.44. The van der Waals surface area contributed by atoms with Gasteiger partial charge in [-0.25, -0.2) is 18.0 Å². The van der Waals surface area contributed by atoms with Gasteiger partial charge in [0.2, 0.25) is 0 Å². The van der Waals surface area contributed by atoms with E-state index in [2.05, 4.69) is 4.98 Å². The zero-order chi connectivity index (χ0) is 19.2. The molecule has 0 atom stereocenters. The molecule has 9 heteroatoms. The van der Waals surface area contributed by atoms with Gasteiger partial charge in [0, 0.05) is 37.4 Å². The number of aryl methyl sites for hydroxylation is 1. The number of aromatic carboxylic acids is 1. The van der Waals surface area contributed by atoms with Crippen LogP contribution in [0.15, 0.2) is 29.2 Å². The molecule has 3 aromatic rings. The lowest BCUT2D eigenvalue weighted by atomic mass is 10.0. The average molecular weight is 364 g/mol. The van der Waals surface area contributed by atoms with Gasteiger partial charge in [-0.1, -0.05) is 0 Å². The molecule has 3 rings (SSSR count). The number of halogens is 3. The van der Waals surface area contributed by atoms with Crippen LogP contribution in [0.25, 0.3) is 11.0 Å². The highest BCUT2D eigenvalue weighted by molar-refractivity contribution is 5.97. The van der Waals surface area contributed by atoms with Gasteiger partial charge in [-0.15, -0.1) is 0 Å². The van der Waals surface area contributed by atoms with Gasteiger partial charge >= 0.3 is 5.97 Å². The Labute approximate surface area is 143 Å². The molecule has 2 heterocycles. The third-order valence-corrected chi connectivity index (χ3v) is 3.97. The number of carboxylic acids is 1. The van der Waals surface area contributed by atoms with Crippen LogP contribution in [0.4, 0.5) is 13.2 Å². The molecule has 0 unspecified atom stereocenters. The Balaban J connectivity index is 2.17. The summed E-state index contributed by atoms with van der Waals surface area (Å²) >= 11 is 0. The van der Waals surface area contributed by atoms with Crippen LogP contribution in [0.3, 0.4) is 0 Å². The van der Waals surface area contributed by atoms with E-state index in [0.29, 0.717) is 12.1 Å². The molecule has 0 fully saturated rings. The van der Waals surface area contributed by atoms with Crippen molar-refractivity contribution >= 4 is 17.0 Å². The molecule has 0 amide bonds. The minimum absolute atomic E-state index is 0.0814. The second-order valence-corrected chi connectivity index (χ2v) is 5.63. The molecule has 0 bridgehead atoms. The van der Waals surface area contributed by atoms with Gasteiger partial charge in [0.25, 0.3) is 5.56 Å². The highest BCUT2D eigenvalue weighted by Gasteiger charge is 2.22. The number of aromatic nitrogens is 2. The summed E-state index contributed by atoms with van der Waals surface area (Å²) in [6.45, 7) is 0. The van der Waals surface area contributed by atoms with Crippen LogP contribution < -0.4 is 5.56 Å². The third-order valence-electron chi connectivity index (χ3n) is 3.97. The Hall–Kier alpha value is -3.36. The topological polar surface area (TPSA) is 92.4 Å². The molecule has 0 saturated heterocycles. The maximum atomic E-state index is 13.8. The van der Waals surface area contributed by atoms with Crippen LogP contribution in [0.5, 0.6) is 5.75 Å². The summed E-state index contributed by atoms with van der Waals surface area (Å²) in [6.07, 6.45) is 0.900. The van der Waals surface area contributed by atoms with Crippen molar-refractivity contribution in [1.29, 1.82) is 0 Å². The smallest absolute Gasteiger partial charge is 0.345 e. The molecule has 134 valence electrons. The first-order chi connectivity index (χ1) is 12.2. The van der Waals surface area contributed by atoms with Crippen LogP contribution in [0.1, 0.15) is 21.5 Å². The molecule has 2 N–H and O–H groups in total. The molecule has 0 radical (unpaired) electrons. The van der Waals surface area contributed by atoms with Gasteiger partial charge in [-0.3, -0.25) is 9.78 Å². The fourth-order valence-corrected chi connectivity index (χ4v) is 2.66. The van der Waals surface area contributed by atoms with Gasteiger partial charge in [-0.05, 0) is 11.6 Å². The van der Waals surface area contributed by atoms with E-state index < -0.39 is 40.3 Å². The van der Waals surface area contributed by atoms with E-state index >= 15 is 0 Å². The second kappa shape index (κ2) is 6.17. The summed E-state index contributed by atoms with van der Waals surface area (Å²) in [5.41, 5.74) is -1.95. The van der Waals surface area contributed by atoms with Crippen LogP contribution in [0, 0.1) is 17.5 Å². The van der Waals surface area contributed by atoms with E-state index in [4.69, 9.17) is 5.11 Å². The van der Waals surface area contributed by atoms with Crippen LogP contribution >= 0.6 is 0 Å². The predicted molar refractivity (Wildman–Crippen MR) is 84.7 cm³/mol. The number of aromatic hydroxyl groups is 1. The molecular formula is C17H11F3N2O4. The quantitative estimate of drug-likeness (QED) is 0.744. The fourth-order valence-electron chi connectivity index (χ4n) is 2.66. The van der Waals surface area contributed by atoms with Gasteiger partial charge in [0.15, 0.2) is 11.3 Å². The van der Waals surface area contributed by atoms with E-state index in [0.717, 1.165) is 4.57 Å². The van der Waals surface area contributed by atoms with Gasteiger partial charge < -0.3 is 14.8 Å². The lowest BCUT2D eigenvalue weighted by Crippen LogP contribution is -2.25. The SMILES string of the molecule is Cn1c(=O)c(C(=O)O)c(O)c2ncc(Cc3c(F)cc(F)cc3F)cc21. The molecule has 2 aromatic heterocycles. The minimum Gasteiger partial charge on any atom is -0.505 e. The number of hydrogen-bond donors (Lipinski definition) is 2. The first-order valence-electron chi connectivity index (χ1n) is 7.28. The van der Waals surface area contributed by atoms with Crippen molar-refractivity contribution in [3.63, 3.8) is 0 Å². The Kier molecular flexibility index (Phi) is 4.15. The Morgan fingerprint density at radius 2 is 1.81 bits per heavy atom. The van der Waals surface area contributed by atoms with Crippen molar-refractivity contribution in [3.05, 3.63) is 68.9 Å².